The van der Waals surface area contributed by atoms with E-state index < -0.39 is 0 Å². The quantitative estimate of drug-likeness (QED) is 0.833. The fraction of sp³-hybridized carbons (Fsp3) is 0.333. The maximum atomic E-state index is 5.69. The van der Waals surface area contributed by atoms with Crippen LogP contribution in [0.1, 0.15) is 23.4 Å². The fourth-order valence-corrected chi connectivity index (χ4v) is 2.78. The minimum absolute atomic E-state index is 0.485. The van der Waals surface area contributed by atoms with Gasteiger partial charge in [-0.25, -0.2) is 0 Å². The van der Waals surface area contributed by atoms with Gasteiger partial charge in [-0.2, -0.15) is 0 Å². The van der Waals surface area contributed by atoms with Crippen molar-refractivity contribution in [1.82, 2.24) is 4.90 Å². The molecule has 3 heteroatoms. The second kappa shape index (κ2) is 6.03. The molecule has 0 aliphatic carbocycles. The van der Waals surface area contributed by atoms with Crippen LogP contribution in [-0.2, 0) is 6.42 Å². The van der Waals surface area contributed by atoms with E-state index in [1.54, 1.807) is 0 Å². The molecule has 0 aliphatic rings. The second-order valence-corrected chi connectivity index (χ2v) is 5.64. The highest BCUT2D eigenvalue weighted by Gasteiger charge is 2.11. The van der Waals surface area contributed by atoms with Crippen LogP contribution in [0, 0.1) is 0 Å². The molecule has 96 valence electrons. The number of hydrogen-bond acceptors (Lipinski definition) is 3. The van der Waals surface area contributed by atoms with E-state index in [0.29, 0.717) is 6.04 Å². The van der Waals surface area contributed by atoms with Crippen LogP contribution in [0.15, 0.2) is 41.8 Å². The molecule has 1 aromatic carbocycles. The number of likely N-dealkylation sites (N-methyl/N-ethyl adjacent to an activating group) is 1. The number of benzene rings is 1. The summed E-state index contributed by atoms with van der Waals surface area (Å²) in [6.07, 6.45) is 1.06. The Kier molecular flexibility index (Phi) is 4.39. The molecule has 0 radical (unpaired) electrons. The molecule has 0 saturated heterocycles. The topological polar surface area (TPSA) is 29.3 Å². The number of thiophene rings is 1. The van der Waals surface area contributed by atoms with E-state index in [4.69, 9.17) is 5.73 Å². The van der Waals surface area contributed by atoms with Crippen LogP contribution in [0.2, 0.25) is 0 Å². The van der Waals surface area contributed by atoms with Crippen molar-refractivity contribution in [3.05, 3.63) is 52.2 Å². The first kappa shape index (κ1) is 13.1. The van der Waals surface area contributed by atoms with Crippen molar-refractivity contribution in [1.29, 1.82) is 0 Å². The van der Waals surface area contributed by atoms with Gasteiger partial charge in [0.1, 0.15) is 0 Å². The van der Waals surface area contributed by atoms with E-state index in [1.807, 2.05) is 23.5 Å². The molecule has 0 bridgehead atoms. The van der Waals surface area contributed by atoms with Gasteiger partial charge in [-0.3, -0.25) is 4.90 Å². The average Bonchev–Trinajstić information content (AvgIpc) is 2.90. The standard InChI is InChI=1S/C15H20N2S/c1-12(15-4-3-11-18-15)17(2)10-9-13-5-7-14(16)8-6-13/h3-8,11-12H,9-10,16H2,1-2H3. The Morgan fingerprint density at radius 2 is 1.94 bits per heavy atom. The summed E-state index contributed by atoms with van der Waals surface area (Å²) >= 11 is 1.82. The first-order valence-electron chi connectivity index (χ1n) is 6.25. The van der Waals surface area contributed by atoms with Crippen molar-refractivity contribution >= 4 is 17.0 Å². The van der Waals surface area contributed by atoms with Gasteiger partial charge in [-0.05, 0) is 49.5 Å². The summed E-state index contributed by atoms with van der Waals surface area (Å²) in [6, 6.07) is 13.0. The first-order chi connectivity index (χ1) is 8.66. The molecule has 2 aromatic rings. The van der Waals surface area contributed by atoms with E-state index in [9.17, 15) is 0 Å². The van der Waals surface area contributed by atoms with Crippen molar-refractivity contribution in [3.8, 4) is 0 Å². The Bertz CT molecular complexity index is 462. The van der Waals surface area contributed by atoms with Crippen molar-refractivity contribution in [2.24, 2.45) is 0 Å². The predicted molar refractivity (Wildman–Crippen MR) is 79.9 cm³/mol. The SMILES string of the molecule is CC(c1cccs1)N(C)CCc1ccc(N)cc1. The lowest BCUT2D eigenvalue weighted by Crippen LogP contribution is -2.24. The van der Waals surface area contributed by atoms with Gasteiger partial charge in [0.25, 0.3) is 0 Å². The molecule has 0 amide bonds. The Morgan fingerprint density at radius 3 is 2.56 bits per heavy atom. The molecule has 1 unspecified atom stereocenters. The number of nitrogen functional groups attached to an aromatic ring is 1. The van der Waals surface area contributed by atoms with Crippen LogP contribution in [0.5, 0.6) is 0 Å². The van der Waals surface area contributed by atoms with Crippen LogP contribution in [-0.4, -0.2) is 18.5 Å². The number of hydrogen-bond donors (Lipinski definition) is 1. The van der Waals surface area contributed by atoms with Crippen molar-refractivity contribution in [3.63, 3.8) is 0 Å². The van der Waals surface area contributed by atoms with Gasteiger partial charge in [0, 0.05) is 23.2 Å². The minimum Gasteiger partial charge on any atom is -0.399 e. The number of nitrogens with zero attached hydrogens (tertiary/aromatic N) is 1. The summed E-state index contributed by atoms with van der Waals surface area (Å²) < 4.78 is 0. The lowest BCUT2D eigenvalue weighted by Gasteiger charge is -2.23. The minimum atomic E-state index is 0.485. The summed E-state index contributed by atoms with van der Waals surface area (Å²) in [7, 11) is 2.18. The highest BCUT2D eigenvalue weighted by Crippen LogP contribution is 2.23. The molecule has 1 aromatic heterocycles. The number of rotatable bonds is 5. The highest BCUT2D eigenvalue weighted by molar-refractivity contribution is 7.10. The van der Waals surface area contributed by atoms with Gasteiger partial charge in [0.05, 0.1) is 0 Å². The van der Waals surface area contributed by atoms with Gasteiger partial charge in [0.2, 0.25) is 0 Å². The van der Waals surface area contributed by atoms with E-state index >= 15 is 0 Å². The molecule has 1 atom stereocenters. The molecular weight excluding hydrogens is 240 g/mol. The maximum Gasteiger partial charge on any atom is 0.0410 e. The van der Waals surface area contributed by atoms with Crippen LogP contribution >= 0.6 is 11.3 Å². The van der Waals surface area contributed by atoms with Gasteiger partial charge < -0.3 is 5.73 Å². The summed E-state index contributed by atoms with van der Waals surface area (Å²) in [4.78, 5) is 3.82. The lowest BCUT2D eigenvalue weighted by atomic mass is 10.1. The van der Waals surface area contributed by atoms with Crippen LogP contribution in [0.25, 0.3) is 0 Å². The number of anilines is 1. The number of nitrogens with two attached hydrogens (primary N) is 1. The Morgan fingerprint density at radius 1 is 1.22 bits per heavy atom. The predicted octanol–water partition coefficient (Wildman–Crippen LogP) is 3.57. The van der Waals surface area contributed by atoms with Gasteiger partial charge >= 0.3 is 0 Å². The summed E-state index contributed by atoms with van der Waals surface area (Å²) in [6.45, 7) is 3.32. The summed E-state index contributed by atoms with van der Waals surface area (Å²) in [5.41, 5.74) is 7.86. The zero-order chi connectivity index (χ0) is 13.0. The van der Waals surface area contributed by atoms with E-state index in [1.165, 1.54) is 10.4 Å². The third-order valence-corrected chi connectivity index (χ3v) is 4.39. The lowest BCUT2D eigenvalue weighted by molar-refractivity contribution is 0.268. The summed E-state index contributed by atoms with van der Waals surface area (Å²) in [5.74, 6) is 0. The first-order valence-corrected chi connectivity index (χ1v) is 7.13. The smallest absolute Gasteiger partial charge is 0.0410 e. The Balaban J connectivity index is 1.88. The molecule has 18 heavy (non-hydrogen) atoms. The zero-order valence-corrected chi connectivity index (χ0v) is 11.8. The largest absolute Gasteiger partial charge is 0.399 e. The molecule has 2 nitrogen and oxygen atoms in total. The van der Waals surface area contributed by atoms with Crippen LogP contribution < -0.4 is 5.73 Å². The normalized spacial score (nSPS) is 12.8. The Labute approximate surface area is 113 Å². The molecular formula is C15H20N2S. The molecule has 0 aliphatic heterocycles. The molecule has 2 N–H and O–H groups in total. The molecule has 0 saturated carbocycles. The van der Waals surface area contributed by atoms with Gasteiger partial charge in [-0.1, -0.05) is 18.2 Å². The highest BCUT2D eigenvalue weighted by atomic mass is 32.1. The Hall–Kier alpha value is -1.32. The second-order valence-electron chi connectivity index (χ2n) is 4.66. The zero-order valence-electron chi connectivity index (χ0n) is 11.0. The van der Waals surface area contributed by atoms with Crippen LogP contribution in [0.3, 0.4) is 0 Å². The van der Waals surface area contributed by atoms with Gasteiger partial charge in [-0.15, -0.1) is 11.3 Å². The van der Waals surface area contributed by atoms with Crippen LogP contribution in [0.4, 0.5) is 5.69 Å². The van der Waals surface area contributed by atoms with Gasteiger partial charge in [0.15, 0.2) is 0 Å². The maximum absolute atomic E-state index is 5.69. The van der Waals surface area contributed by atoms with E-state index in [0.717, 1.165) is 18.7 Å². The molecule has 0 spiro atoms. The van der Waals surface area contributed by atoms with Crippen molar-refractivity contribution in [2.45, 2.75) is 19.4 Å². The average molecular weight is 260 g/mol. The third-order valence-electron chi connectivity index (χ3n) is 3.35. The molecule has 0 fully saturated rings. The molecule has 2 rings (SSSR count). The molecule has 1 heterocycles. The van der Waals surface area contributed by atoms with Crippen molar-refractivity contribution < 1.29 is 0 Å². The van der Waals surface area contributed by atoms with E-state index in [2.05, 4.69) is 48.5 Å². The monoisotopic (exact) mass is 260 g/mol. The van der Waals surface area contributed by atoms with E-state index in [-0.39, 0.29) is 0 Å². The summed E-state index contributed by atoms with van der Waals surface area (Å²) in [5, 5.41) is 2.14. The van der Waals surface area contributed by atoms with Crippen molar-refractivity contribution in [2.75, 3.05) is 19.3 Å². The third kappa shape index (κ3) is 3.34. The fourth-order valence-electron chi connectivity index (χ4n) is 1.93.